The van der Waals surface area contributed by atoms with Gasteiger partial charge in [-0.1, -0.05) is 48.5 Å². The zero-order valence-electron chi connectivity index (χ0n) is 19.6. The molecule has 5 nitrogen and oxygen atoms in total. The predicted octanol–water partition coefficient (Wildman–Crippen LogP) is 4.42. The van der Waals surface area contributed by atoms with Gasteiger partial charge in [0.25, 0.3) is 5.91 Å². The van der Waals surface area contributed by atoms with Crippen LogP contribution < -0.4 is 5.32 Å². The molecule has 0 spiro atoms. The zero-order valence-corrected chi connectivity index (χ0v) is 19.6. The van der Waals surface area contributed by atoms with E-state index in [2.05, 4.69) is 52.9 Å². The maximum atomic E-state index is 13.1. The quantitative estimate of drug-likeness (QED) is 0.524. The van der Waals surface area contributed by atoms with Crippen molar-refractivity contribution in [2.24, 2.45) is 0 Å². The molecule has 0 atom stereocenters. The summed E-state index contributed by atoms with van der Waals surface area (Å²) >= 11 is 0. The molecule has 0 saturated carbocycles. The number of nitrogens with one attached hydrogen (secondary N) is 1. The lowest BCUT2D eigenvalue weighted by molar-refractivity contribution is 0.0858. The number of carbonyl (C=O) groups is 2. The van der Waals surface area contributed by atoms with Gasteiger partial charge in [0.15, 0.2) is 5.78 Å². The molecule has 1 aliphatic rings. The van der Waals surface area contributed by atoms with Gasteiger partial charge in [0.1, 0.15) is 0 Å². The molecular formula is C28H33N3O2. The lowest BCUT2D eigenvalue weighted by Crippen LogP contribution is -2.46. The molecule has 0 aliphatic carbocycles. The van der Waals surface area contributed by atoms with Gasteiger partial charge >= 0.3 is 0 Å². The van der Waals surface area contributed by atoms with E-state index in [9.17, 15) is 9.59 Å². The van der Waals surface area contributed by atoms with Crippen LogP contribution in [-0.2, 0) is 13.0 Å². The molecule has 1 N–H and O–H groups in total. The second kappa shape index (κ2) is 10.6. The summed E-state index contributed by atoms with van der Waals surface area (Å²) in [6, 6.07) is 22.0. The molecule has 0 unspecified atom stereocenters. The third-order valence-electron chi connectivity index (χ3n) is 6.67. The van der Waals surface area contributed by atoms with E-state index >= 15 is 0 Å². The van der Waals surface area contributed by atoms with Crippen LogP contribution in [0.15, 0.2) is 66.7 Å². The Bertz CT molecular complexity index is 1080. The highest BCUT2D eigenvalue weighted by Crippen LogP contribution is 2.19. The van der Waals surface area contributed by atoms with Crippen molar-refractivity contribution in [2.75, 3.05) is 19.6 Å². The van der Waals surface area contributed by atoms with Gasteiger partial charge in [0.2, 0.25) is 0 Å². The van der Waals surface area contributed by atoms with Crippen LogP contribution in [0.3, 0.4) is 0 Å². The topological polar surface area (TPSA) is 54.3 Å². The number of piperidine rings is 1. The van der Waals surface area contributed by atoms with Crippen molar-refractivity contribution in [1.82, 2.24) is 14.8 Å². The third-order valence-corrected chi connectivity index (χ3v) is 6.67. The number of nitrogens with zero attached hydrogens (tertiary/aromatic N) is 2. The lowest BCUT2D eigenvalue weighted by atomic mass is 10.0. The average Bonchev–Trinajstić information content (AvgIpc) is 3.13. The SMILES string of the molecule is Cc1cc(C(=O)CN2CCC(NC(=O)c3ccccc3)CC2)c(C)n1CCc1ccccc1. The number of hydrogen-bond acceptors (Lipinski definition) is 3. The Morgan fingerprint density at radius 2 is 1.58 bits per heavy atom. The van der Waals surface area contributed by atoms with Crippen LogP contribution in [0, 0.1) is 13.8 Å². The van der Waals surface area contributed by atoms with Crippen molar-refractivity contribution in [3.8, 4) is 0 Å². The van der Waals surface area contributed by atoms with E-state index in [-0.39, 0.29) is 17.7 Å². The Morgan fingerprint density at radius 3 is 2.24 bits per heavy atom. The first kappa shape index (κ1) is 23.0. The predicted molar refractivity (Wildman–Crippen MR) is 132 cm³/mol. The Kier molecular flexibility index (Phi) is 7.40. The van der Waals surface area contributed by atoms with Crippen molar-refractivity contribution in [3.63, 3.8) is 0 Å². The van der Waals surface area contributed by atoms with E-state index in [1.807, 2.05) is 42.5 Å². The Balaban J connectivity index is 1.29. The van der Waals surface area contributed by atoms with Gasteiger partial charge in [-0.05, 0) is 56.9 Å². The van der Waals surface area contributed by atoms with Gasteiger partial charge < -0.3 is 9.88 Å². The molecule has 1 saturated heterocycles. The van der Waals surface area contributed by atoms with E-state index in [0.29, 0.717) is 12.1 Å². The van der Waals surface area contributed by atoms with Crippen molar-refractivity contribution in [2.45, 2.75) is 45.7 Å². The molecule has 1 aliphatic heterocycles. The minimum atomic E-state index is -0.0203. The molecule has 4 rings (SSSR count). The summed E-state index contributed by atoms with van der Waals surface area (Å²) in [6.07, 6.45) is 2.68. The second-order valence-corrected chi connectivity index (χ2v) is 8.99. The van der Waals surface area contributed by atoms with Crippen LogP contribution in [0.1, 0.15) is 50.5 Å². The largest absolute Gasteiger partial charge is 0.349 e. The van der Waals surface area contributed by atoms with Crippen molar-refractivity contribution < 1.29 is 9.59 Å². The molecule has 172 valence electrons. The van der Waals surface area contributed by atoms with Gasteiger partial charge in [0, 0.05) is 48.2 Å². The van der Waals surface area contributed by atoms with E-state index in [4.69, 9.17) is 0 Å². The third kappa shape index (κ3) is 5.79. The van der Waals surface area contributed by atoms with Crippen molar-refractivity contribution in [1.29, 1.82) is 0 Å². The van der Waals surface area contributed by atoms with Crippen LogP contribution in [0.2, 0.25) is 0 Å². The van der Waals surface area contributed by atoms with E-state index in [1.165, 1.54) is 5.56 Å². The summed E-state index contributed by atoms with van der Waals surface area (Å²) in [6.45, 7) is 7.08. The first-order chi connectivity index (χ1) is 16.0. The van der Waals surface area contributed by atoms with Crippen molar-refractivity contribution in [3.05, 3.63) is 94.8 Å². The maximum absolute atomic E-state index is 13.1. The first-order valence-electron chi connectivity index (χ1n) is 11.8. The van der Waals surface area contributed by atoms with E-state index in [0.717, 1.165) is 55.8 Å². The standard InChI is InChI=1S/C28H33N3O2/c1-21-19-26(22(2)31(21)18-13-23-9-5-3-6-10-23)27(32)20-30-16-14-25(15-17-30)29-28(33)24-11-7-4-8-12-24/h3-12,19,25H,13-18,20H2,1-2H3,(H,29,33). The summed E-state index contributed by atoms with van der Waals surface area (Å²) < 4.78 is 2.26. The Hall–Kier alpha value is -3.18. The van der Waals surface area contributed by atoms with E-state index in [1.54, 1.807) is 0 Å². The van der Waals surface area contributed by atoms with Gasteiger partial charge in [-0.15, -0.1) is 0 Å². The summed E-state index contributed by atoms with van der Waals surface area (Å²) in [5.41, 5.74) is 5.02. The lowest BCUT2D eigenvalue weighted by Gasteiger charge is -2.31. The van der Waals surface area contributed by atoms with Crippen molar-refractivity contribution >= 4 is 11.7 Å². The molecule has 1 aromatic heterocycles. The molecule has 1 amide bonds. The second-order valence-electron chi connectivity index (χ2n) is 8.99. The molecule has 2 heterocycles. The smallest absolute Gasteiger partial charge is 0.251 e. The molecule has 3 aromatic rings. The maximum Gasteiger partial charge on any atom is 0.251 e. The summed E-state index contributed by atoms with van der Waals surface area (Å²) in [7, 11) is 0. The monoisotopic (exact) mass is 443 g/mol. The molecule has 1 fully saturated rings. The highest BCUT2D eigenvalue weighted by atomic mass is 16.1. The minimum Gasteiger partial charge on any atom is -0.349 e. The molecule has 33 heavy (non-hydrogen) atoms. The molecule has 2 aromatic carbocycles. The van der Waals surface area contributed by atoms with E-state index < -0.39 is 0 Å². The fraction of sp³-hybridized carbons (Fsp3) is 0.357. The number of benzene rings is 2. The zero-order chi connectivity index (χ0) is 23.2. The van der Waals surface area contributed by atoms with Crippen LogP contribution in [-0.4, -0.2) is 46.8 Å². The fourth-order valence-corrected chi connectivity index (χ4v) is 4.70. The molecule has 0 radical (unpaired) electrons. The number of likely N-dealkylation sites (tertiary alicyclic amines) is 1. The van der Waals surface area contributed by atoms with Crippen LogP contribution in [0.4, 0.5) is 0 Å². The van der Waals surface area contributed by atoms with Crippen LogP contribution >= 0.6 is 0 Å². The molecule has 0 bridgehead atoms. The minimum absolute atomic E-state index is 0.0203. The number of amides is 1. The van der Waals surface area contributed by atoms with Gasteiger partial charge in [-0.2, -0.15) is 0 Å². The summed E-state index contributed by atoms with van der Waals surface area (Å²) in [4.78, 5) is 27.7. The Labute approximate surface area is 196 Å². The number of rotatable bonds is 8. The molecular weight excluding hydrogens is 410 g/mol. The average molecular weight is 444 g/mol. The first-order valence-corrected chi connectivity index (χ1v) is 11.8. The summed E-state index contributed by atoms with van der Waals surface area (Å²) in [5.74, 6) is 0.161. The number of carbonyl (C=O) groups excluding carboxylic acids is 2. The number of Topliss-reactive ketones (excluding diaryl/α,β-unsaturated/α-hetero) is 1. The number of hydrogen-bond donors (Lipinski definition) is 1. The number of ketones is 1. The normalized spacial score (nSPS) is 14.8. The van der Waals surface area contributed by atoms with Crippen LogP contribution in [0.25, 0.3) is 0 Å². The van der Waals surface area contributed by atoms with Gasteiger partial charge in [-0.3, -0.25) is 14.5 Å². The number of aryl methyl sites for hydroxylation is 2. The fourth-order valence-electron chi connectivity index (χ4n) is 4.70. The highest BCUT2D eigenvalue weighted by molar-refractivity contribution is 5.99. The van der Waals surface area contributed by atoms with Gasteiger partial charge in [0.05, 0.1) is 6.54 Å². The number of aromatic nitrogens is 1. The Morgan fingerprint density at radius 1 is 0.939 bits per heavy atom. The highest BCUT2D eigenvalue weighted by Gasteiger charge is 2.24. The van der Waals surface area contributed by atoms with Crippen LogP contribution in [0.5, 0.6) is 0 Å². The summed E-state index contributed by atoms with van der Waals surface area (Å²) in [5, 5.41) is 3.13. The molecule has 5 heteroatoms. The van der Waals surface area contributed by atoms with Gasteiger partial charge in [-0.25, -0.2) is 0 Å².